The Morgan fingerprint density at radius 2 is 1.67 bits per heavy atom. The van der Waals surface area contributed by atoms with Gasteiger partial charge in [-0.15, -0.1) is 0 Å². The van der Waals surface area contributed by atoms with Crippen LogP contribution in [0.2, 0.25) is 5.02 Å². The van der Waals surface area contributed by atoms with Crippen molar-refractivity contribution in [1.82, 2.24) is 9.80 Å². The molecular formula is C17H23ClN2O4. The average Bonchev–Trinajstić information content (AvgIpc) is 2.61. The van der Waals surface area contributed by atoms with E-state index in [2.05, 4.69) is 0 Å². The largest absolute Gasteiger partial charge is 0.481 e. The van der Waals surface area contributed by atoms with E-state index in [4.69, 9.17) is 21.1 Å². The van der Waals surface area contributed by atoms with Gasteiger partial charge in [0, 0.05) is 31.2 Å². The first-order valence-electron chi connectivity index (χ1n) is 8.17. The summed E-state index contributed by atoms with van der Waals surface area (Å²) in [6, 6.07) is 6.95. The van der Waals surface area contributed by atoms with Gasteiger partial charge in [-0.25, -0.2) is 4.79 Å². The maximum Gasteiger partial charge on any atom is 0.409 e. The Bertz CT molecular complexity index is 556. The molecule has 1 aliphatic rings. The zero-order valence-corrected chi connectivity index (χ0v) is 14.8. The fraction of sp³-hybridized carbons (Fsp3) is 0.529. The molecule has 1 aromatic rings. The fourth-order valence-corrected chi connectivity index (χ4v) is 2.64. The Balaban J connectivity index is 1.90. The lowest BCUT2D eigenvalue weighted by molar-refractivity contribution is -0.140. The minimum atomic E-state index is -0.541. The van der Waals surface area contributed by atoms with E-state index in [9.17, 15) is 9.59 Å². The summed E-state index contributed by atoms with van der Waals surface area (Å²) in [5, 5.41) is 0.622. The first-order chi connectivity index (χ1) is 11.5. The number of hydrogen-bond acceptors (Lipinski definition) is 4. The van der Waals surface area contributed by atoms with E-state index in [-0.39, 0.29) is 12.0 Å². The van der Waals surface area contributed by atoms with Crippen LogP contribution < -0.4 is 4.74 Å². The fourth-order valence-electron chi connectivity index (χ4n) is 2.51. The predicted molar refractivity (Wildman–Crippen MR) is 91.3 cm³/mol. The lowest BCUT2D eigenvalue weighted by atomic mass is 10.2. The summed E-state index contributed by atoms with van der Waals surface area (Å²) >= 11 is 5.85. The molecule has 2 amide bonds. The maximum absolute atomic E-state index is 12.6. The second kappa shape index (κ2) is 8.78. The van der Waals surface area contributed by atoms with Gasteiger partial charge in [0.2, 0.25) is 0 Å². The number of nitrogens with zero attached hydrogens (tertiary/aromatic N) is 2. The SMILES string of the molecule is CCOC(=O)N1CCN(C(=O)[C@@H](CC)Oc2ccc(Cl)cc2)CC1. The van der Waals surface area contributed by atoms with Gasteiger partial charge in [-0.1, -0.05) is 18.5 Å². The molecule has 0 aromatic heterocycles. The molecule has 1 atom stereocenters. The molecule has 0 aliphatic carbocycles. The van der Waals surface area contributed by atoms with E-state index in [0.29, 0.717) is 50.0 Å². The van der Waals surface area contributed by atoms with Gasteiger partial charge in [-0.3, -0.25) is 4.79 Å². The van der Waals surface area contributed by atoms with Crippen LogP contribution in [0.4, 0.5) is 4.79 Å². The molecule has 0 saturated carbocycles. The second-order valence-electron chi connectivity index (χ2n) is 5.48. The molecule has 6 nitrogen and oxygen atoms in total. The van der Waals surface area contributed by atoms with Crippen LogP contribution in [-0.4, -0.2) is 60.7 Å². The number of halogens is 1. The van der Waals surface area contributed by atoms with Crippen molar-refractivity contribution in [2.24, 2.45) is 0 Å². The van der Waals surface area contributed by atoms with Crippen molar-refractivity contribution in [2.45, 2.75) is 26.4 Å². The Kier molecular flexibility index (Phi) is 6.73. The molecular weight excluding hydrogens is 332 g/mol. The lowest BCUT2D eigenvalue weighted by Crippen LogP contribution is -2.53. The number of piperazine rings is 1. The molecule has 1 aromatic carbocycles. The van der Waals surface area contributed by atoms with E-state index < -0.39 is 6.10 Å². The summed E-state index contributed by atoms with van der Waals surface area (Å²) in [5.74, 6) is 0.556. The number of carbonyl (C=O) groups excluding carboxylic acids is 2. The normalized spacial score (nSPS) is 15.8. The topological polar surface area (TPSA) is 59.1 Å². The zero-order chi connectivity index (χ0) is 17.5. The molecule has 132 valence electrons. The van der Waals surface area contributed by atoms with E-state index >= 15 is 0 Å². The molecule has 1 aliphatic heterocycles. The van der Waals surface area contributed by atoms with Gasteiger partial charge in [0.1, 0.15) is 5.75 Å². The molecule has 0 radical (unpaired) electrons. The van der Waals surface area contributed by atoms with Crippen LogP contribution in [0.3, 0.4) is 0 Å². The number of amides is 2. The van der Waals surface area contributed by atoms with Crippen molar-refractivity contribution in [3.63, 3.8) is 0 Å². The Morgan fingerprint density at radius 3 is 2.21 bits per heavy atom. The molecule has 24 heavy (non-hydrogen) atoms. The molecule has 0 spiro atoms. The number of benzene rings is 1. The quantitative estimate of drug-likeness (QED) is 0.815. The highest BCUT2D eigenvalue weighted by atomic mass is 35.5. The molecule has 1 fully saturated rings. The summed E-state index contributed by atoms with van der Waals surface area (Å²) in [6.45, 7) is 5.95. The van der Waals surface area contributed by atoms with Crippen LogP contribution in [0.15, 0.2) is 24.3 Å². The third-order valence-electron chi connectivity index (χ3n) is 3.86. The van der Waals surface area contributed by atoms with Gasteiger partial charge >= 0.3 is 6.09 Å². The molecule has 0 bridgehead atoms. The molecule has 1 heterocycles. The van der Waals surface area contributed by atoms with Crippen LogP contribution in [0.5, 0.6) is 5.75 Å². The van der Waals surface area contributed by atoms with Gasteiger partial charge in [0.15, 0.2) is 6.10 Å². The van der Waals surface area contributed by atoms with Crippen LogP contribution in [0.25, 0.3) is 0 Å². The van der Waals surface area contributed by atoms with Gasteiger partial charge in [0.05, 0.1) is 6.61 Å². The van der Waals surface area contributed by atoms with Crippen molar-refractivity contribution in [2.75, 3.05) is 32.8 Å². The number of rotatable bonds is 5. The summed E-state index contributed by atoms with van der Waals surface area (Å²) < 4.78 is 10.8. The highest BCUT2D eigenvalue weighted by molar-refractivity contribution is 6.30. The summed E-state index contributed by atoms with van der Waals surface area (Å²) in [5.41, 5.74) is 0. The predicted octanol–water partition coefficient (Wildman–Crippen LogP) is 2.80. The van der Waals surface area contributed by atoms with Crippen molar-refractivity contribution < 1.29 is 19.1 Å². The third-order valence-corrected chi connectivity index (χ3v) is 4.11. The van der Waals surface area contributed by atoms with E-state index in [1.165, 1.54) is 0 Å². The molecule has 0 unspecified atom stereocenters. The Morgan fingerprint density at radius 1 is 1.08 bits per heavy atom. The molecule has 0 N–H and O–H groups in total. The zero-order valence-electron chi connectivity index (χ0n) is 14.0. The van der Waals surface area contributed by atoms with Gasteiger partial charge in [-0.2, -0.15) is 0 Å². The van der Waals surface area contributed by atoms with Gasteiger partial charge in [0.25, 0.3) is 5.91 Å². The number of ether oxygens (including phenoxy) is 2. The van der Waals surface area contributed by atoms with Crippen LogP contribution in [0, 0.1) is 0 Å². The minimum Gasteiger partial charge on any atom is -0.481 e. The smallest absolute Gasteiger partial charge is 0.409 e. The van der Waals surface area contributed by atoms with Crippen molar-refractivity contribution in [3.8, 4) is 5.75 Å². The van der Waals surface area contributed by atoms with Crippen molar-refractivity contribution in [3.05, 3.63) is 29.3 Å². The van der Waals surface area contributed by atoms with Crippen LogP contribution >= 0.6 is 11.6 Å². The molecule has 7 heteroatoms. The Labute approximate surface area is 147 Å². The molecule has 2 rings (SSSR count). The van der Waals surface area contributed by atoms with Gasteiger partial charge < -0.3 is 19.3 Å². The summed E-state index contributed by atoms with van der Waals surface area (Å²) in [6.07, 6.45) is -0.297. The highest BCUT2D eigenvalue weighted by Gasteiger charge is 2.29. The maximum atomic E-state index is 12.6. The first-order valence-corrected chi connectivity index (χ1v) is 8.55. The summed E-state index contributed by atoms with van der Waals surface area (Å²) in [7, 11) is 0. The number of carbonyl (C=O) groups is 2. The van der Waals surface area contributed by atoms with Crippen molar-refractivity contribution in [1.29, 1.82) is 0 Å². The number of hydrogen-bond donors (Lipinski definition) is 0. The average molecular weight is 355 g/mol. The van der Waals surface area contributed by atoms with Gasteiger partial charge in [-0.05, 0) is 37.6 Å². The lowest BCUT2D eigenvalue weighted by Gasteiger charge is -2.35. The van der Waals surface area contributed by atoms with E-state index in [1.54, 1.807) is 41.0 Å². The van der Waals surface area contributed by atoms with Crippen molar-refractivity contribution >= 4 is 23.6 Å². The second-order valence-corrected chi connectivity index (χ2v) is 5.92. The first kappa shape index (κ1) is 18.4. The highest BCUT2D eigenvalue weighted by Crippen LogP contribution is 2.19. The Hall–Kier alpha value is -1.95. The third kappa shape index (κ3) is 4.77. The summed E-state index contributed by atoms with van der Waals surface area (Å²) in [4.78, 5) is 27.7. The standard InChI is InChI=1S/C17H23ClN2O4/c1-3-15(24-14-7-5-13(18)6-8-14)16(21)19-9-11-20(12-10-19)17(22)23-4-2/h5-8,15H,3-4,9-12H2,1-2H3/t15-/m1/s1. The molecule has 1 saturated heterocycles. The van der Waals surface area contributed by atoms with Crippen LogP contribution in [-0.2, 0) is 9.53 Å². The monoisotopic (exact) mass is 354 g/mol. The minimum absolute atomic E-state index is 0.0593. The van der Waals surface area contributed by atoms with Crippen LogP contribution in [0.1, 0.15) is 20.3 Å². The van der Waals surface area contributed by atoms with E-state index in [1.807, 2.05) is 6.92 Å². The van der Waals surface area contributed by atoms with E-state index in [0.717, 1.165) is 0 Å².